The van der Waals surface area contributed by atoms with Crippen molar-refractivity contribution in [2.75, 3.05) is 13.2 Å². The fourth-order valence-electron chi connectivity index (χ4n) is 3.64. The lowest BCUT2D eigenvalue weighted by Crippen LogP contribution is -2.26. The van der Waals surface area contributed by atoms with Crippen LogP contribution < -0.4 is 5.32 Å². The number of benzene rings is 2. The molecule has 0 fully saturated rings. The Labute approximate surface area is 169 Å². The van der Waals surface area contributed by atoms with Crippen LogP contribution in [0.1, 0.15) is 29.0 Å². The summed E-state index contributed by atoms with van der Waals surface area (Å²) >= 11 is 0. The Morgan fingerprint density at radius 1 is 1.07 bits per heavy atom. The summed E-state index contributed by atoms with van der Waals surface area (Å²) in [6, 6.07) is 18.1. The number of aromatic nitrogens is 1. The number of ether oxygens (including phenoxy) is 1. The lowest BCUT2D eigenvalue weighted by Gasteiger charge is -2.14. The zero-order valence-corrected chi connectivity index (χ0v) is 15.8. The quantitative estimate of drug-likeness (QED) is 0.593. The van der Waals surface area contributed by atoms with Gasteiger partial charge < -0.3 is 10.1 Å². The molecule has 146 valence electrons. The normalized spacial score (nSPS) is 12.6. The van der Waals surface area contributed by atoms with Crippen LogP contribution in [-0.4, -0.2) is 24.2 Å². The van der Waals surface area contributed by atoms with Crippen molar-refractivity contribution < 1.29 is 13.9 Å². The first kappa shape index (κ1) is 18.9. The first-order chi connectivity index (χ1) is 14.2. The molecule has 1 aliphatic rings. The van der Waals surface area contributed by atoms with Gasteiger partial charge in [0.15, 0.2) is 0 Å². The molecule has 0 radical (unpaired) electrons. The van der Waals surface area contributed by atoms with Crippen LogP contribution in [0.3, 0.4) is 0 Å². The molecule has 4 rings (SSSR count). The van der Waals surface area contributed by atoms with Crippen LogP contribution in [0.15, 0.2) is 73.1 Å². The van der Waals surface area contributed by atoms with Gasteiger partial charge >= 0.3 is 6.09 Å². The van der Waals surface area contributed by atoms with Crippen molar-refractivity contribution in [3.8, 4) is 11.1 Å². The van der Waals surface area contributed by atoms with E-state index in [1.54, 1.807) is 12.1 Å². The predicted octanol–water partition coefficient (Wildman–Crippen LogP) is 5.16. The first-order valence-electron chi connectivity index (χ1n) is 9.59. The number of carbonyl (C=O) groups excluding carboxylic acids is 1. The number of hydrogen-bond acceptors (Lipinski definition) is 3. The maximum atomic E-state index is 13.5. The van der Waals surface area contributed by atoms with Gasteiger partial charge in [-0.15, -0.1) is 0 Å². The number of amides is 1. The van der Waals surface area contributed by atoms with Gasteiger partial charge in [-0.3, -0.25) is 4.98 Å². The number of halogens is 1. The van der Waals surface area contributed by atoms with E-state index in [2.05, 4.69) is 34.6 Å². The Balaban J connectivity index is 1.29. The highest BCUT2D eigenvalue weighted by Gasteiger charge is 2.28. The molecule has 1 heterocycles. The molecule has 3 aromatic rings. The van der Waals surface area contributed by atoms with Crippen LogP contribution in [0.2, 0.25) is 0 Å². The molecule has 1 amide bonds. The average molecular weight is 388 g/mol. The molecule has 2 aromatic carbocycles. The largest absolute Gasteiger partial charge is 0.449 e. The molecule has 1 aromatic heterocycles. The number of pyridine rings is 1. The zero-order valence-electron chi connectivity index (χ0n) is 15.8. The van der Waals surface area contributed by atoms with Gasteiger partial charge in [-0.1, -0.05) is 60.7 Å². The van der Waals surface area contributed by atoms with Crippen molar-refractivity contribution in [1.82, 2.24) is 10.3 Å². The molecule has 29 heavy (non-hydrogen) atoms. The molecule has 0 saturated heterocycles. The van der Waals surface area contributed by atoms with Gasteiger partial charge in [-0.05, 0) is 34.7 Å². The number of rotatable bonds is 6. The molecular formula is C24H21FN2O2. The Hall–Kier alpha value is -3.47. The van der Waals surface area contributed by atoms with Crippen molar-refractivity contribution >= 4 is 12.2 Å². The molecular weight excluding hydrogens is 367 g/mol. The molecule has 1 aliphatic carbocycles. The molecule has 0 aliphatic heterocycles. The Morgan fingerprint density at radius 3 is 2.45 bits per heavy atom. The van der Waals surface area contributed by atoms with Gasteiger partial charge in [0.25, 0.3) is 0 Å². The summed E-state index contributed by atoms with van der Waals surface area (Å²) < 4.78 is 19.0. The van der Waals surface area contributed by atoms with E-state index in [9.17, 15) is 9.18 Å². The minimum absolute atomic E-state index is 0.0442. The molecule has 0 atom stereocenters. The Morgan fingerprint density at radius 2 is 1.76 bits per heavy atom. The van der Waals surface area contributed by atoms with Gasteiger partial charge in [-0.2, -0.15) is 0 Å². The summed E-state index contributed by atoms with van der Waals surface area (Å²) in [5.41, 5.74) is 5.24. The van der Waals surface area contributed by atoms with Gasteiger partial charge in [0.2, 0.25) is 0 Å². The van der Waals surface area contributed by atoms with E-state index in [-0.39, 0.29) is 18.3 Å². The maximum Gasteiger partial charge on any atom is 0.407 e. The smallest absolute Gasteiger partial charge is 0.407 e. The van der Waals surface area contributed by atoms with E-state index in [1.165, 1.54) is 34.6 Å². The number of carbonyl (C=O) groups is 1. The number of hydrogen-bond donors (Lipinski definition) is 1. The second kappa shape index (κ2) is 8.69. The molecule has 0 spiro atoms. The van der Waals surface area contributed by atoms with Gasteiger partial charge in [0.1, 0.15) is 12.4 Å². The molecule has 4 nitrogen and oxygen atoms in total. The first-order valence-corrected chi connectivity index (χ1v) is 9.59. The van der Waals surface area contributed by atoms with Crippen LogP contribution >= 0.6 is 0 Å². The van der Waals surface area contributed by atoms with Crippen LogP contribution in [0.25, 0.3) is 17.2 Å². The van der Waals surface area contributed by atoms with Crippen molar-refractivity contribution in [3.05, 3.63) is 95.6 Å². The Bertz CT molecular complexity index is 1000. The standard InChI is InChI=1S/C24H21FN2O2/c25-23-15-26-14-12-17(23)7-5-6-13-27-24(28)29-16-22-20-10-3-1-8-18(20)19-9-2-4-11-21(19)22/h1-5,7-12,14-15,22H,6,13,16H2,(H,27,28). The summed E-state index contributed by atoms with van der Waals surface area (Å²) in [7, 11) is 0. The second-order valence-electron chi connectivity index (χ2n) is 6.84. The summed E-state index contributed by atoms with van der Waals surface area (Å²) in [5, 5.41) is 2.74. The van der Waals surface area contributed by atoms with E-state index >= 15 is 0 Å². The lowest BCUT2D eigenvalue weighted by atomic mass is 9.98. The highest BCUT2D eigenvalue weighted by molar-refractivity contribution is 5.79. The monoisotopic (exact) mass is 388 g/mol. The van der Waals surface area contributed by atoms with Crippen LogP contribution in [0.5, 0.6) is 0 Å². The minimum atomic E-state index is -0.449. The molecule has 0 bridgehead atoms. The second-order valence-corrected chi connectivity index (χ2v) is 6.84. The minimum Gasteiger partial charge on any atom is -0.449 e. The van der Waals surface area contributed by atoms with E-state index in [4.69, 9.17) is 4.74 Å². The van der Waals surface area contributed by atoms with Crippen molar-refractivity contribution in [2.24, 2.45) is 0 Å². The number of nitrogens with one attached hydrogen (secondary N) is 1. The Kier molecular flexibility index (Phi) is 5.66. The SMILES string of the molecule is O=C(NCCC=Cc1ccncc1F)OCC1c2ccccc2-c2ccccc21. The van der Waals surface area contributed by atoms with Gasteiger partial charge in [0.05, 0.1) is 6.20 Å². The number of alkyl carbamates (subject to hydrolysis) is 1. The highest BCUT2D eigenvalue weighted by Crippen LogP contribution is 2.44. The van der Waals surface area contributed by atoms with E-state index in [0.29, 0.717) is 18.5 Å². The average Bonchev–Trinajstić information content (AvgIpc) is 3.07. The van der Waals surface area contributed by atoms with E-state index in [1.807, 2.05) is 30.3 Å². The molecule has 5 heteroatoms. The maximum absolute atomic E-state index is 13.5. The topological polar surface area (TPSA) is 51.2 Å². The lowest BCUT2D eigenvalue weighted by molar-refractivity contribution is 0.143. The molecule has 1 N–H and O–H groups in total. The van der Waals surface area contributed by atoms with E-state index < -0.39 is 6.09 Å². The van der Waals surface area contributed by atoms with Crippen molar-refractivity contribution in [2.45, 2.75) is 12.3 Å². The van der Waals surface area contributed by atoms with Crippen molar-refractivity contribution in [3.63, 3.8) is 0 Å². The number of fused-ring (bicyclic) bond motifs is 3. The third kappa shape index (κ3) is 4.19. The van der Waals surface area contributed by atoms with E-state index in [0.717, 1.165) is 0 Å². The third-order valence-corrected chi connectivity index (χ3v) is 5.03. The predicted molar refractivity (Wildman–Crippen MR) is 111 cm³/mol. The fraction of sp³-hybridized carbons (Fsp3) is 0.167. The van der Waals surface area contributed by atoms with Gasteiger partial charge in [0, 0.05) is 24.2 Å². The third-order valence-electron chi connectivity index (χ3n) is 5.03. The highest BCUT2D eigenvalue weighted by atomic mass is 19.1. The summed E-state index contributed by atoms with van der Waals surface area (Å²) in [6.07, 6.45) is 6.33. The summed E-state index contributed by atoms with van der Waals surface area (Å²) in [4.78, 5) is 15.8. The van der Waals surface area contributed by atoms with Crippen LogP contribution in [-0.2, 0) is 4.74 Å². The van der Waals surface area contributed by atoms with Gasteiger partial charge in [-0.25, -0.2) is 9.18 Å². The summed E-state index contributed by atoms with van der Waals surface area (Å²) in [5.74, 6) is -0.323. The molecule has 0 saturated carbocycles. The van der Waals surface area contributed by atoms with Crippen LogP contribution in [0.4, 0.5) is 9.18 Å². The molecule has 0 unspecified atom stereocenters. The number of nitrogens with zero attached hydrogens (tertiary/aromatic N) is 1. The fourth-order valence-corrected chi connectivity index (χ4v) is 3.64. The van der Waals surface area contributed by atoms with Crippen molar-refractivity contribution in [1.29, 1.82) is 0 Å². The van der Waals surface area contributed by atoms with Crippen LogP contribution in [0, 0.1) is 5.82 Å². The summed E-state index contributed by atoms with van der Waals surface area (Å²) in [6.45, 7) is 0.706. The zero-order chi connectivity index (χ0) is 20.1.